The van der Waals surface area contributed by atoms with Gasteiger partial charge in [-0.25, -0.2) is 13.2 Å². The smallest absolute Gasteiger partial charge is 0.454 e. The van der Waals surface area contributed by atoms with Crippen LogP contribution in [0.15, 0.2) is 54.6 Å². The van der Waals surface area contributed by atoms with Gasteiger partial charge in [-0.1, -0.05) is 25.5 Å². The van der Waals surface area contributed by atoms with Crippen molar-refractivity contribution in [2.75, 3.05) is 17.3 Å². The van der Waals surface area contributed by atoms with Gasteiger partial charge >= 0.3 is 6.16 Å². The summed E-state index contributed by atoms with van der Waals surface area (Å²) in [5, 5.41) is 10.3. The first kappa shape index (κ1) is 25.9. The first-order valence-electron chi connectivity index (χ1n) is 12.5. The molecule has 3 heterocycles. The summed E-state index contributed by atoms with van der Waals surface area (Å²) >= 11 is 1.12. The number of benzene rings is 3. The van der Waals surface area contributed by atoms with Gasteiger partial charge in [0.05, 0.1) is 35.1 Å². The van der Waals surface area contributed by atoms with Crippen molar-refractivity contribution in [2.24, 2.45) is 0 Å². The molecule has 0 spiro atoms. The molecule has 11 nitrogen and oxygen atoms in total. The molecule has 1 aliphatic rings. The second kappa shape index (κ2) is 10.3. The maximum Gasteiger partial charge on any atom is 0.512 e. The van der Waals surface area contributed by atoms with Crippen molar-refractivity contribution < 1.29 is 32.5 Å². The Bertz CT molecular complexity index is 1860. The summed E-state index contributed by atoms with van der Waals surface area (Å²) in [4.78, 5) is 11.9. The van der Waals surface area contributed by atoms with E-state index in [1.807, 2.05) is 25.1 Å². The maximum atomic E-state index is 12.7. The molecule has 3 aromatic carbocycles. The van der Waals surface area contributed by atoms with Crippen molar-refractivity contribution in [3.8, 4) is 28.5 Å². The fraction of sp³-hybridized carbons (Fsp3) is 0.222. The van der Waals surface area contributed by atoms with E-state index in [2.05, 4.69) is 13.5 Å². The Kier molecular flexibility index (Phi) is 6.68. The van der Waals surface area contributed by atoms with Gasteiger partial charge in [-0.15, -0.1) is 0 Å². The van der Waals surface area contributed by atoms with Crippen LogP contribution in [0, 0.1) is 0 Å². The minimum atomic E-state index is -3.57. The number of sulfonamides is 1. The largest absolute Gasteiger partial charge is 0.512 e. The number of carboxylic acid groups (broad SMARTS) is 1. The summed E-state index contributed by atoms with van der Waals surface area (Å²) in [6, 6.07) is 16.0. The SMILES string of the molecule is CCCCS(=O)(=O)Nc1ccc2c(c1)c(-c1ccc3c(c1)OCO3)c(OC(=O)O)n2Cc1ccc2nsnc2c1. The lowest BCUT2D eigenvalue weighted by Gasteiger charge is -2.11. The molecule has 0 unspecified atom stereocenters. The average molecular weight is 581 g/mol. The second-order valence-corrected chi connectivity index (χ2v) is 11.7. The molecule has 6 rings (SSSR count). The van der Waals surface area contributed by atoms with Crippen molar-refractivity contribution in [2.45, 2.75) is 26.3 Å². The fourth-order valence-electron chi connectivity index (χ4n) is 4.75. The number of fused-ring (bicyclic) bond motifs is 3. The highest BCUT2D eigenvalue weighted by molar-refractivity contribution is 7.92. The quantitative estimate of drug-likeness (QED) is 0.210. The van der Waals surface area contributed by atoms with Crippen molar-refractivity contribution in [1.29, 1.82) is 0 Å². The Balaban J connectivity index is 1.54. The van der Waals surface area contributed by atoms with Gasteiger partial charge < -0.3 is 23.9 Å². The number of ether oxygens (including phenoxy) is 3. The summed E-state index contributed by atoms with van der Waals surface area (Å²) in [5.41, 5.74) is 4.47. The third-order valence-corrected chi connectivity index (χ3v) is 8.49. The Morgan fingerprint density at radius 3 is 2.73 bits per heavy atom. The lowest BCUT2D eigenvalue weighted by atomic mass is 10.0. The molecule has 0 fully saturated rings. The number of carbonyl (C=O) groups is 1. The van der Waals surface area contributed by atoms with Gasteiger partial charge in [0, 0.05) is 11.1 Å². The molecule has 0 saturated heterocycles. The molecule has 0 radical (unpaired) electrons. The van der Waals surface area contributed by atoms with Crippen LogP contribution in [0.2, 0.25) is 0 Å². The molecule has 40 heavy (non-hydrogen) atoms. The zero-order valence-electron chi connectivity index (χ0n) is 21.3. The molecule has 0 atom stereocenters. The minimum Gasteiger partial charge on any atom is -0.454 e. The summed E-state index contributed by atoms with van der Waals surface area (Å²) in [5.74, 6) is 1.17. The van der Waals surface area contributed by atoms with Gasteiger partial charge in [0.1, 0.15) is 11.0 Å². The molecule has 13 heteroatoms. The van der Waals surface area contributed by atoms with Crippen LogP contribution >= 0.6 is 11.7 Å². The molecule has 2 N–H and O–H groups in total. The van der Waals surface area contributed by atoms with Crippen LogP contribution < -0.4 is 18.9 Å². The molecule has 0 aliphatic carbocycles. The normalized spacial score (nSPS) is 12.7. The molecule has 5 aromatic rings. The van der Waals surface area contributed by atoms with E-state index in [0.717, 1.165) is 34.7 Å². The van der Waals surface area contributed by atoms with Crippen molar-refractivity contribution in [1.82, 2.24) is 13.3 Å². The van der Waals surface area contributed by atoms with Gasteiger partial charge in [0.15, 0.2) is 11.5 Å². The van der Waals surface area contributed by atoms with Crippen LogP contribution in [0.4, 0.5) is 10.5 Å². The molecule has 1 aliphatic heterocycles. The zero-order valence-corrected chi connectivity index (χ0v) is 22.9. The average Bonchev–Trinajstić information content (AvgIpc) is 3.64. The zero-order chi connectivity index (χ0) is 27.9. The number of aromatic nitrogens is 3. The summed E-state index contributed by atoms with van der Waals surface area (Å²) < 4.78 is 54.7. The number of anilines is 1. The van der Waals surface area contributed by atoms with Gasteiger partial charge in [-0.3, -0.25) is 4.72 Å². The van der Waals surface area contributed by atoms with E-state index < -0.39 is 16.2 Å². The maximum absolute atomic E-state index is 12.7. The van der Waals surface area contributed by atoms with Crippen LogP contribution in [0.3, 0.4) is 0 Å². The van der Waals surface area contributed by atoms with Crippen LogP contribution in [-0.2, 0) is 16.6 Å². The molecule has 206 valence electrons. The summed E-state index contributed by atoms with van der Waals surface area (Å²) in [6.07, 6.45) is -0.202. The highest BCUT2D eigenvalue weighted by Gasteiger charge is 2.25. The lowest BCUT2D eigenvalue weighted by molar-refractivity contribution is 0.141. The Hall–Kier alpha value is -4.36. The van der Waals surface area contributed by atoms with E-state index >= 15 is 0 Å². The minimum absolute atomic E-state index is 0.00110. The molecule has 0 amide bonds. The van der Waals surface area contributed by atoms with Gasteiger partial charge in [-0.2, -0.15) is 8.75 Å². The van der Waals surface area contributed by atoms with Gasteiger partial charge in [0.25, 0.3) is 0 Å². The number of nitrogens with one attached hydrogen (secondary N) is 1. The summed E-state index contributed by atoms with van der Waals surface area (Å²) in [6.45, 7) is 2.27. The van der Waals surface area contributed by atoms with Crippen molar-refractivity contribution >= 4 is 55.5 Å². The number of unbranched alkanes of at least 4 members (excludes halogenated alkanes) is 1. The van der Waals surface area contributed by atoms with E-state index in [9.17, 15) is 18.3 Å². The predicted molar refractivity (Wildman–Crippen MR) is 151 cm³/mol. The number of hydrogen-bond donors (Lipinski definition) is 2. The predicted octanol–water partition coefficient (Wildman–Crippen LogP) is 5.69. The fourth-order valence-corrected chi connectivity index (χ4v) is 6.52. The second-order valence-electron chi connectivity index (χ2n) is 9.30. The van der Waals surface area contributed by atoms with Crippen molar-refractivity contribution in [3.05, 3.63) is 60.2 Å². The molecule has 0 saturated carbocycles. The molecular weight excluding hydrogens is 556 g/mol. The van der Waals surface area contributed by atoms with Crippen LogP contribution in [0.5, 0.6) is 17.4 Å². The van der Waals surface area contributed by atoms with Gasteiger partial charge in [0.2, 0.25) is 22.7 Å². The summed E-state index contributed by atoms with van der Waals surface area (Å²) in [7, 11) is -3.57. The van der Waals surface area contributed by atoms with Crippen LogP contribution in [-0.4, -0.2) is 45.5 Å². The van der Waals surface area contributed by atoms with E-state index in [1.165, 1.54) is 0 Å². The number of hydrogen-bond acceptors (Lipinski definition) is 9. The first-order valence-corrected chi connectivity index (χ1v) is 14.9. The third-order valence-electron chi connectivity index (χ3n) is 6.56. The van der Waals surface area contributed by atoms with Crippen molar-refractivity contribution in [3.63, 3.8) is 0 Å². The van der Waals surface area contributed by atoms with Gasteiger partial charge in [-0.05, 0) is 60.0 Å². The topological polar surface area (TPSA) is 142 Å². The Morgan fingerprint density at radius 1 is 1.07 bits per heavy atom. The highest BCUT2D eigenvalue weighted by atomic mass is 32.2. The molecule has 0 bridgehead atoms. The monoisotopic (exact) mass is 580 g/mol. The highest BCUT2D eigenvalue weighted by Crippen LogP contribution is 2.45. The first-order chi connectivity index (χ1) is 19.3. The number of nitrogens with zero attached hydrogens (tertiary/aromatic N) is 3. The standard InChI is InChI=1S/C27H24N4O7S2/c1-2-3-10-40(34,35)30-18-6-8-22-19(13-18)25(17-5-9-23-24(12-17)37-15-36-23)26(38-27(32)33)31(22)14-16-4-7-20-21(11-16)29-39-28-20/h4-9,11-13,30H,2-3,10,14-15H2,1H3,(H,32,33). The van der Waals surface area contributed by atoms with Crippen LogP contribution in [0.25, 0.3) is 33.1 Å². The molecule has 2 aromatic heterocycles. The lowest BCUT2D eigenvalue weighted by Crippen LogP contribution is -2.16. The van der Waals surface area contributed by atoms with E-state index in [1.54, 1.807) is 41.0 Å². The Labute approximate surface area is 233 Å². The van der Waals surface area contributed by atoms with E-state index in [4.69, 9.17) is 14.2 Å². The van der Waals surface area contributed by atoms with E-state index in [0.29, 0.717) is 45.6 Å². The third kappa shape index (κ3) is 5.00. The van der Waals surface area contributed by atoms with E-state index in [-0.39, 0.29) is 25.0 Å². The molecular formula is C27H24N4O7S2. The number of rotatable bonds is 9. The van der Waals surface area contributed by atoms with Crippen LogP contribution in [0.1, 0.15) is 25.3 Å². The Morgan fingerprint density at radius 2 is 1.90 bits per heavy atom.